The Morgan fingerprint density at radius 2 is 2.29 bits per heavy atom. The SMILES string of the molecule is O=C(O)NC1CC(=S)Nc2ccc(Cl)cc2C1. The lowest BCUT2D eigenvalue weighted by Gasteiger charge is -2.13. The summed E-state index contributed by atoms with van der Waals surface area (Å²) >= 11 is 11.1. The van der Waals surface area contributed by atoms with Crippen LogP contribution in [0, 0.1) is 0 Å². The fourth-order valence-corrected chi connectivity index (χ4v) is 2.40. The predicted molar refractivity (Wildman–Crippen MR) is 70.9 cm³/mol. The van der Waals surface area contributed by atoms with Crippen molar-refractivity contribution in [3.63, 3.8) is 0 Å². The van der Waals surface area contributed by atoms with E-state index < -0.39 is 6.09 Å². The lowest BCUT2D eigenvalue weighted by atomic mass is 10.0. The number of hydrogen-bond acceptors (Lipinski definition) is 2. The maximum absolute atomic E-state index is 10.7. The Hall–Kier alpha value is -1.33. The maximum atomic E-state index is 10.7. The highest BCUT2D eigenvalue weighted by molar-refractivity contribution is 7.80. The number of benzene rings is 1. The van der Waals surface area contributed by atoms with Crippen LogP contribution in [-0.2, 0) is 6.42 Å². The van der Waals surface area contributed by atoms with E-state index in [1.807, 2.05) is 12.1 Å². The summed E-state index contributed by atoms with van der Waals surface area (Å²) in [6.45, 7) is 0. The van der Waals surface area contributed by atoms with Crippen molar-refractivity contribution in [2.75, 3.05) is 5.32 Å². The van der Waals surface area contributed by atoms with E-state index in [-0.39, 0.29) is 6.04 Å². The Bertz CT molecular complexity index is 479. The minimum atomic E-state index is -1.04. The van der Waals surface area contributed by atoms with Crippen LogP contribution in [0.3, 0.4) is 0 Å². The van der Waals surface area contributed by atoms with Gasteiger partial charge in [-0.25, -0.2) is 4.79 Å². The first-order chi connectivity index (χ1) is 8.04. The Kier molecular flexibility index (Phi) is 3.49. The van der Waals surface area contributed by atoms with Gasteiger partial charge in [-0.3, -0.25) is 0 Å². The van der Waals surface area contributed by atoms with E-state index >= 15 is 0 Å². The van der Waals surface area contributed by atoms with Gasteiger partial charge in [0.1, 0.15) is 0 Å². The summed E-state index contributed by atoms with van der Waals surface area (Å²) in [5, 5.41) is 14.9. The molecule has 0 spiro atoms. The summed E-state index contributed by atoms with van der Waals surface area (Å²) in [5.41, 5.74) is 1.87. The zero-order valence-corrected chi connectivity index (χ0v) is 10.4. The van der Waals surface area contributed by atoms with Gasteiger partial charge in [-0.1, -0.05) is 23.8 Å². The molecule has 1 aromatic carbocycles. The van der Waals surface area contributed by atoms with E-state index in [0.717, 1.165) is 11.3 Å². The highest BCUT2D eigenvalue weighted by Gasteiger charge is 2.20. The number of hydrogen-bond donors (Lipinski definition) is 3. The van der Waals surface area contributed by atoms with Gasteiger partial charge in [0.05, 0.1) is 4.99 Å². The van der Waals surface area contributed by atoms with Crippen molar-refractivity contribution >= 4 is 40.6 Å². The van der Waals surface area contributed by atoms with E-state index in [1.165, 1.54) is 0 Å². The molecule has 3 N–H and O–H groups in total. The van der Waals surface area contributed by atoms with E-state index in [0.29, 0.717) is 22.9 Å². The molecule has 1 unspecified atom stereocenters. The van der Waals surface area contributed by atoms with Crippen molar-refractivity contribution < 1.29 is 9.90 Å². The van der Waals surface area contributed by atoms with Gasteiger partial charge in [0, 0.05) is 23.2 Å². The molecule has 2 rings (SSSR count). The maximum Gasteiger partial charge on any atom is 0.404 e. The molecule has 1 atom stereocenters. The molecule has 1 amide bonds. The van der Waals surface area contributed by atoms with Crippen LogP contribution < -0.4 is 10.6 Å². The number of carboxylic acid groups (broad SMARTS) is 1. The van der Waals surface area contributed by atoms with Gasteiger partial charge in [0.2, 0.25) is 0 Å². The number of rotatable bonds is 1. The Morgan fingerprint density at radius 1 is 1.53 bits per heavy atom. The number of amides is 1. The van der Waals surface area contributed by atoms with Crippen LogP contribution in [0.2, 0.25) is 5.02 Å². The summed E-state index contributed by atoms with van der Waals surface area (Å²) in [4.78, 5) is 11.3. The van der Waals surface area contributed by atoms with Gasteiger partial charge < -0.3 is 15.7 Å². The van der Waals surface area contributed by atoms with Gasteiger partial charge >= 0.3 is 6.09 Å². The molecule has 0 saturated heterocycles. The molecule has 1 aliphatic rings. The number of carbonyl (C=O) groups is 1. The fourth-order valence-electron chi connectivity index (χ4n) is 1.89. The standard InChI is InChI=1S/C11H11ClN2O2S/c12-7-1-2-9-6(3-7)4-8(13-11(15)16)5-10(17)14-9/h1-3,8,13H,4-5H2,(H,14,17)(H,15,16). The van der Waals surface area contributed by atoms with E-state index in [4.69, 9.17) is 28.9 Å². The summed E-state index contributed by atoms with van der Waals surface area (Å²) < 4.78 is 0. The topological polar surface area (TPSA) is 61.4 Å². The highest BCUT2D eigenvalue weighted by Crippen LogP contribution is 2.25. The van der Waals surface area contributed by atoms with E-state index in [2.05, 4.69) is 10.6 Å². The zero-order chi connectivity index (χ0) is 12.4. The second-order valence-corrected chi connectivity index (χ2v) is 4.83. The minimum absolute atomic E-state index is 0.216. The summed E-state index contributed by atoms with van der Waals surface area (Å²) in [6.07, 6.45) is 0.0341. The average Bonchev–Trinajstić information content (AvgIpc) is 2.34. The van der Waals surface area contributed by atoms with Crippen molar-refractivity contribution in [2.45, 2.75) is 18.9 Å². The van der Waals surface area contributed by atoms with Crippen molar-refractivity contribution in [3.05, 3.63) is 28.8 Å². The molecule has 6 heteroatoms. The molecule has 0 radical (unpaired) electrons. The molecular formula is C11H11ClN2O2S. The summed E-state index contributed by atoms with van der Waals surface area (Å²) in [6, 6.07) is 5.25. The molecule has 17 heavy (non-hydrogen) atoms. The number of anilines is 1. The third kappa shape index (κ3) is 3.08. The summed E-state index contributed by atoms with van der Waals surface area (Å²) in [5.74, 6) is 0. The molecule has 0 fully saturated rings. The van der Waals surface area contributed by atoms with E-state index in [9.17, 15) is 4.79 Å². The molecular weight excluding hydrogens is 260 g/mol. The first kappa shape index (κ1) is 12.1. The smallest absolute Gasteiger partial charge is 0.404 e. The Labute approximate surface area is 109 Å². The van der Waals surface area contributed by atoms with Gasteiger partial charge in [-0.05, 0) is 30.2 Å². The highest BCUT2D eigenvalue weighted by atomic mass is 35.5. The van der Waals surface area contributed by atoms with Crippen LogP contribution in [0.25, 0.3) is 0 Å². The van der Waals surface area contributed by atoms with Crippen LogP contribution in [0.5, 0.6) is 0 Å². The van der Waals surface area contributed by atoms with Crippen LogP contribution in [0.1, 0.15) is 12.0 Å². The molecule has 0 aromatic heterocycles. The molecule has 1 heterocycles. The molecule has 0 bridgehead atoms. The van der Waals surface area contributed by atoms with Gasteiger partial charge in [-0.15, -0.1) is 0 Å². The first-order valence-corrected chi connectivity index (χ1v) is 5.91. The molecule has 90 valence electrons. The van der Waals surface area contributed by atoms with Crippen molar-refractivity contribution in [1.29, 1.82) is 0 Å². The Morgan fingerprint density at radius 3 is 3.00 bits per heavy atom. The van der Waals surface area contributed by atoms with Crippen LogP contribution in [0.4, 0.5) is 10.5 Å². The monoisotopic (exact) mass is 270 g/mol. The lowest BCUT2D eigenvalue weighted by Crippen LogP contribution is -2.36. The normalized spacial score (nSPS) is 18.9. The van der Waals surface area contributed by atoms with E-state index in [1.54, 1.807) is 6.07 Å². The number of halogens is 1. The number of nitrogens with one attached hydrogen (secondary N) is 2. The molecule has 4 nitrogen and oxygen atoms in total. The zero-order valence-electron chi connectivity index (χ0n) is 8.87. The number of thiocarbonyl (C=S) groups is 1. The fraction of sp³-hybridized carbons (Fsp3) is 0.273. The van der Waals surface area contributed by atoms with Crippen molar-refractivity contribution in [3.8, 4) is 0 Å². The Balaban J connectivity index is 2.28. The van der Waals surface area contributed by atoms with Gasteiger partial charge in [-0.2, -0.15) is 0 Å². The van der Waals surface area contributed by atoms with Crippen LogP contribution >= 0.6 is 23.8 Å². The quantitative estimate of drug-likeness (QED) is 0.687. The third-order valence-electron chi connectivity index (χ3n) is 2.57. The van der Waals surface area contributed by atoms with Gasteiger partial charge in [0.25, 0.3) is 0 Å². The van der Waals surface area contributed by atoms with Crippen LogP contribution in [0.15, 0.2) is 18.2 Å². The second kappa shape index (κ2) is 4.89. The molecule has 0 saturated carbocycles. The molecule has 0 aliphatic carbocycles. The minimum Gasteiger partial charge on any atom is -0.465 e. The average molecular weight is 271 g/mol. The largest absolute Gasteiger partial charge is 0.465 e. The third-order valence-corrected chi connectivity index (χ3v) is 3.07. The summed E-state index contributed by atoms with van der Waals surface area (Å²) in [7, 11) is 0. The van der Waals surface area contributed by atoms with Gasteiger partial charge in [0.15, 0.2) is 0 Å². The van der Waals surface area contributed by atoms with Crippen molar-refractivity contribution in [2.24, 2.45) is 0 Å². The lowest BCUT2D eigenvalue weighted by molar-refractivity contribution is 0.190. The van der Waals surface area contributed by atoms with Crippen molar-refractivity contribution in [1.82, 2.24) is 5.32 Å². The first-order valence-electron chi connectivity index (χ1n) is 5.12. The number of fused-ring (bicyclic) bond motifs is 1. The predicted octanol–water partition coefficient (Wildman–Crippen LogP) is 2.66. The molecule has 1 aliphatic heterocycles. The van der Waals surface area contributed by atoms with Crippen LogP contribution in [-0.4, -0.2) is 22.2 Å². The molecule has 1 aromatic rings. The second-order valence-electron chi connectivity index (χ2n) is 3.90.